The fraction of sp³-hybridized carbons (Fsp3) is 0.500. The first kappa shape index (κ1) is 14.2. The van der Waals surface area contributed by atoms with Crippen LogP contribution in [0.1, 0.15) is 30.8 Å². The molecular formula is C12H18N2O4. The highest BCUT2D eigenvalue weighted by atomic mass is 16.3. The molecule has 0 aliphatic heterocycles. The fourth-order valence-corrected chi connectivity index (χ4v) is 1.34. The summed E-state index contributed by atoms with van der Waals surface area (Å²) < 4.78 is 4.92. The SMILES string of the molecule is CC[C@@H](CO)NC(=O)C(C)NC(=O)c1ccco1. The lowest BCUT2D eigenvalue weighted by Crippen LogP contribution is -2.48. The summed E-state index contributed by atoms with van der Waals surface area (Å²) in [6.07, 6.45) is 2.01. The molecule has 2 atom stereocenters. The Kier molecular flexibility index (Phi) is 5.38. The van der Waals surface area contributed by atoms with Crippen molar-refractivity contribution in [3.8, 4) is 0 Å². The van der Waals surface area contributed by atoms with Crippen LogP contribution in [-0.2, 0) is 4.79 Å². The minimum absolute atomic E-state index is 0.124. The maximum Gasteiger partial charge on any atom is 0.287 e. The van der Waals surface area contributed by atoms with E-state index in [9.17, 15) is 9.59 Å². The van der Waals surface area contributed by atoms with Crippen LogP contribution in [-0.4, -0.2) is 35.6 Å². The zero-order chi connectivity index (χ0) is 13.5. The summed E-state index contributed by atoms with van der Waals surface area (Å²) in [7, 11) is 0. The van der Waals surface area contributed by atoms with Crippen molar-refractivity contribution < 1.29 is 19.1 Å². The van der Waals surface area contributed by atoms with Crippen molar-refractivity contribution >= 4 is 11.8 Å². The van der Waals surface area contributed by atoms with Crippen LogP contribution in [0.3, 0.4) is 0 Å². The van der Waals surface area contributed by atoms with Crippen molar-refractivity contribution in [2.24, 2.45) is 0 Å². The van der Waals surface area contributed by atoms with Gasteiger partial charge in [-0.2, -0.15) is 0 Å². The number of aliphatic hydroxyl groups excluding tert-OH is 1. The topological polar surface area (TPSA) is 91.6 Å². The molecule has 3 N–H and O–H groups in total. The molecule has 0 aliphatic carbocycles. The van der Waals surface area contributed by atoms with Gasteiger partial charge in [0.15, 0.2) is 5.76 Å². The molecule has 0 saturated heterocycles. The summed E-state index contributed by atoms with van der Waals surface area (Å²) in [6, 6.07) is 2.13. The lowest BCUT2D eigenvalue weighted by molar-refractivity contribution is -0.123. The molecule has 1 unspecified atom stereocenters. The van der Waals surface area contributed by atoms with E-state index in [-0.39, 0.29) is 24.3 Å². The molecule has 18 heavy (non-hydrogen) atoms. The second-order valence-electron chi connectivity index (χ2n) is 3.97. The number of carbonyl (C=O) groups excluding carboxylic acids is 2. The Hall–Kier alpha value is -1.82. The number of aliphatic hydroxyl groups is 1. The number of rotatable bonds is 6. The van der Waals surface area contributed by atoms with Gasteiger partial charge >= 0.3 is 0 Å². The Morgan fingerprint density at radius 1 is 1.44 bits per heavy atom. The van der Waals surface area contributed by atoms with E-state index >= 15 is 0 Å². The smallest absolute Gasteiger partial charge is 0.287 e. The van der Waals surface area contributed by atoms with Crippen LogP contribution in [0.5, 0.6) is 0 Å². The highest BCUT2D eigenvalue weighted by molar-refractivity contribution is 5.95. The minimum atomic E-state index is -0.691. The van der Waals surface area contributed by atoms with E-state index in [1.807, 2.05) is 6.92 Å². The standard InChI is InChI=1S/C12H18N2O4/c1-3-9(7-15)14-11(16)8(2)13-12(17)10-5-4-6-18-10/h4-6,8-9,15H,3,7H2,1-2H3,(H,13,17)(H,14,16)/t8?,9-/m0/s1. The molecule has 0 aliphatic rings. The van der Waals surface area contributed by atoms with Gasteiger partial charge in [-0.1, -0.05) is 6.92 Å². The molecule has 100 valence electrons. The average molecular weight is 254 g/mol. The van der Waals surface area contributed by atoms with E-state index in [0.717, 1.165) is 0 Å². The molecule has 0 radical (unpaired) electrons. The highest BCUT2D eigenvalue weighted by Gasteiger charge is 2.19. The van der Waals surface area contributed by atoms with Gasteiger partial charge in [0, 0.05) is 0 Å². The van der Waals surface area contributed by atoms with Crippen LogP contribution >= 0.6 is 0 Å². The van der Waals surface area contributed by atoms with Gasteiger partial charge in [0.05, 0.1) is 18.9 Å². The monoisotopic (exact) mass is 254 g/mol. The fourth-order valence-electron chi connectivity index (χ4n) is 1.34. The zero-order valence-corrected chi connectivity index (χ0v) is 10.5. The largest absolute Gasteiger partial charge is 0.459 e. The number of hydrogen-bond acceptors (Lipinski definition) is 4. The summed E-state index contributed by atoms with van der Waals surface area (Å²) in [5.41, 5.74) is 0. The lowest BCUT2D eigenvalue weighted by Gasteiger charge is -2.18. The Morgan fingerprint density at radius 2 is 2.17 bits per heavy atom. The van der Waals surface area contributed by atoms with E-state index in [0.29, 0.717) is 6.42 Å². The molecule has 1 aromatic heterocycles. The Balaban J connectivity index is 2.47. The molecule has 6 heteroatoms. The first-order chi connectivity index (χ1) is 8.58. The molecule has 0 aromatic carbocycles. The van der Waals surface area contributed by atoms with Crippen LogP contribution < -0.4 is 10.6 Å². The summed E-state index contributed by atoms with van der Waals surface area (Å²) in [4.78, 5) is 23.3. The van der Waals surface area contributed by atoms with E-state index < -0.39 is 11.9 Å². The third-order valence-electron chi connectivity index (χ3n) is 2.55. The van der Waals surface area contributed by atoms with E-state index in [4.69, 9.17) is 9.52 Å². The van der Waals surface area contributed by atoms with Gasteiger partial charge < -0.3 is 20.2 Å². The molecule has 0 saturated carbocycles. The maximum absolute atomic E-state index is 11.7. The Labute approximate surface area is 105 Å². The van der Waals surface area contributed by atoms with Gasteiger partial charge in [0.25, 0.3) is 5.91 Å². The van der Waals surface area contributed by atoms with Crippen molar-refractivity contribution in [2.45, 2.75) is 32.4 Å². The number of carbonyl (C=O) groups is 2. The predicted octanol–water partition coefficient (Wildman–Crippen LogP) is 0.285. The van der Waals surface area contributed by atoms with Gasteiger partial charge in [-0.05, 0) is 25.5 Å². The Morgan fingerprint density at radius 3 is 2.67 bits per heavy atom. The van der Waals surface area contributed by atoms with E-state index in [1.54, 1.807) is 13.0 Å². The second kappa shape index (κ2) is 6.80. The maximum atomic E-state index is 11.7. The molecular weight excluding hydrogens is 236 g/mol. The van der Waals surface area contributed by atoms with Crippen LogP contribution in [0.2, 0.25) is 0 Å². The molecule has 0 spiro atoms. The van der Waals surface area contributed by atoms with Gasteiger partial charge in [-0.25, -0.2) is 0 Å². The summed E-state index contributed by atoms with van der Waals surface area (Å²) in [5, 5.41) is 14.1. The zero-order valence-electron chi connectivity index (χ0n) is 10.5. The predicted molar refractivity (Wildman–Crippen MR) is 64.9 cm³/mol. The summed E-state index contributed by atoms with van der Waals surface area (Å²) in [6.45, 7) is 3.30. The highest BCUT2D eigenvalue weighted by Crippen LogP contribution is 2.00. The molecule has 0 bridgehead atoms. The molecule has 2 amide bonds. The van der Waals surface area contributed by atoms with Crippen LogP contribution in [0, 0.1) is 0 Å². The lowest BCUT2D eigenvalue weighted by atomic mass is 10.2. The van der Waals surface area contributed by atoms with Crippen LogP contribution in [0.25, 0.3) is 0 Å². The van der Waals surface area contributed by atoms with Gasteiger partial charge in [0.2, 0.25) is 5.91 Å². The minimum Gasteiger partial charge on any atom is -0.459 e. The van der Waals surface area contributed by atoms with Crippen LogP contribution in [0.15, 0.2) is 22.8 Å². The molecule has 6 nitrogen and oxygen atoms in total. The third kappa shape index (κ3) is 3.89. The van der Waals surface area contributed by atoms with Crippen molar-refractivity contribution in [3.63, 3.8) is 0 Å². The first-order valence-electron chi connectivity index (χ1n) is 5.84. The molecule has 0 fully saturated rings. The molecule has 1 rings (SSSR count). The number of amides is 2. The molecule has 1 heterocycles. The number of furan rings is 1. The second-order valence-corrected chi connectivity index (χ2v) is 3.97. The Bertz CT molecular complexity index is 385. The van der Waals surface area contributed by atoms with Gasteiger partial charge in [0.1, 0.15) is 6.04 Å². The van der Waals surface area contributed by atoms with Gasteiger partial charge in [-0.15, -0.1) is 0 Å². The van der Waals surface area contributed by atoms with Crippen molar-refractivity contribution in [1.82, 2.24) is 10.6 Å². The average Bonchev–Trinajstić information content (AvgIpc) is 2.89. The number of hydrogen-bond donors (Lipinski definition) is 3. The summed E-state index contributed by atoms with van der Waals surface area (Å²) in [5.74, 6) is -0.626. The summed E-state index contributed by atoms with van der Waals surface area (Å²) >= 11 is 0. The molecule has 1 aromatic rings. The number of nitrogens with one attached hydrogen (secondary N) is 2. The van der Waals surface area contributed by atoms with E-state index in [1.165, 1.54) is 12.3 Å². The first-order valence-corrected chi connectivity index (χ1v) is 5.84. The quantitative estimate of drug-likeness (QED) is 0.680. The van der Waals surface area contributed by atoms with Crippen molar-refractivity contribution in [3.05, 3.63) is 24.2 Å². The van der Waals surface area contributed by atoms with Crippen molar-refractivity contribution in [1.29, 1.82) is 0 Å². The van der Waals surface area contributed by atoms with Gasteiger partial charge in [-0.3, -0.25) is 9.59 Å². The van der Waals surface area contributed by atoms with E-state index in [2.05, 4.69) is 10.6 Å². The van der Waals surface area contributed by atoms with Crippen molar-refractivity contribution in [2.75, 3.05) is 6.61 Å². The van der Waals surface area contributed by atoms with Crippen LogP contribution in [0.4, 0.5) is 0 Å². The normalized spacial score (nSPS) is 13.7. The third-order valence-corrected chi connectivity index (χ3v) is 2.55.